The molecule has 0 saturated heterocycles. The molecular formula is C25H52ClN. The van der Waals surface area contributed by atoms with E-state index in [1.807, 2.05) is 26.0 Å². The van der Waals surface area contributed by atoms with Crippen molar-refractivity contribution in [1.82, 2.24) is 4.90 Å². The molecule has 1 nitrogen and oxygen atoms in total. The molecule has 0 aliphatic rings. The minimum atomic E-state index is 0.841. The Morgan fingerprint density at radius 2 is 0.815 bits per heavy atom. The Kier molecular flexibility index (Phi) is 30.5. The number of alkyl halides is 1. The second-order valence-corrected chi connectivity index (χ2v) is 8.76. The fourth-order valence-electron chi connectivity index (χ4n) is 3.05. The van der Waals surface area contributed by atoms with Gasteiger partial charge in [0.15, 0.2) is 0 Å². The summed E-state index contributed by atoms with van der Waals surface area (Å²) in [7, 11) is 6.00. The molecule has 0 fully saturated rings. The molecule has 0 heterocycles. The van der Waals surface area contributed by atoms with Crippen LogP contribution < -0.4 is 0 Å². The molecule has 0 aromatic rings. The van der Waals surface area contributed by atoms with Gasteiger partial charge in [-0.25, -0.2) is 0 Å². The van der Waals surface area contributed by atoms with E-state index in [0.717, 1.165) is 5.88 Å². The third-order valence-electron chi connectivity index (χ3n) is 4.65. The first-order valence-electron chi connectivity index (χ1n) is 12.0. The highest BCUT2D eigenvalue weighted by molar-refractivity contribution is 6.17. The number of rotatable bonds is 19. The maximum atomic E-state index is 5.68. The Balaban J connectivity index is 0. The van der Waals surface area contributed by atoms with Gasteiger partial charge in [-0.15, -0.1) is 11.6 Å². The zero-order valence-electron chi connectivity index (χ0n) is 19.4. The van der Waals surface area contributed by atoms with E-state index in [1.165, 1.54) is 116 Å². The zero-order chi connectivity index (χ0) is 20.4. The summed E-state index contributed by atoms with van der Waals surface area (Å²) in [4.78, 5) is 2.00. The summed E-state index contributed by atoms with van der Waals surface area (Å²) in [6, 6.07) is 0. The van der Waals surface area contributed by atoms with E-state index in [2.05, 4.69) is 19.1 Å². The number of hydrogen-bond acceptors (Lipinski definition) is 1. The van der Waals surface area contributed by atoms with Gasteiger partial charge in [-0.3, -0.25) is 0 Å². The molecular weight excluding hydrogens is 350 g/mol. The van der Waals surface area contributed by atoms with Crippen LogP contribution in [0.2, 0.25) is 0 Å². The van der Waals surface area contributed by atoms with Gasteiger partial charge in [0.25, 0.3) is 0 Å². The highest BCUT2D eigenvalue weighted by Gasteiger charge is 1.93. The van der Waals surface area contributed by atoms with E-state index in [4.69, 9.17) is 11.6 Å². The molecule has 2 heteroatoms. The number of halogens is 1. The van der Waals surface area contributed by atoms with E-state index in [0.29, 0.717) is 0 Å². The van der Waals surface area contributed by atoms with Crippen molar-refractivity contribution in [1.29, 1.82) is 0 Å². The highest BCUT2D eigenvalue weighted by atomic mass is 35.5. The Labute approximate surface area is 178 Å². The molecule has 0 atom stereocenters. The molecule has 0 radical (unpaired) electrons. The molecule has 0 aliphatic heterocycles. The van der Waals surface area contributed by atoms with Crippen LogP contribution in [0.1, 0.15) is 122 Å². The second-order valence-electron chi connectivity index (χ2n) is 8.38. The van der Waals surface area contributed by atoms with Crippen LogP contribution in [-0.2, 0) is 0 Å². The standard InChI is InChI=1S/C22H43Cl.C3H9N/c1-2-3-4-5-6-7-8-9-10-11-12-13-14-15-16-17-18-19-20-21-22-23;1-4(2)3/h9-10H,2-8,11-22H2,1H3;1-3H3/b10-9-;. The summed E-state index contributed by atoms with van der Waals surface area (Å²) < 4.78 is 0. The summed E-state index contributed by atoms with van der Waals surface area (Å²) in [5.41, 5.74) is 0. The minimum Gasteiger partial charge on any atom is -0.312 e. The lowest BCUT2D eigenvalue weighted by Gasteiger charge is -2.01. The SMILES string of the molecule is CCCCCCCC/C=C\CCCCCCCCCCCCCl.CN(C)C. The maximum absolute atomic E-state index is 5.68. The van der Waals surface area contributed by atoms with Crippen molar-refractivity contribution in [2.45, 2.75) is 122 Å². The summed E-state index contributed by atoms with van der Waals surface area (Å²) in [5, 5.41) is 0. The van der Waals surface area contributed by atoms with Gasteiger partial charge in [-0.05, 0) is 53.2 Å². The van der Waals surface area contributed by atoms with Crippen molar-refractivity contribution in [2.24, 2.45) is 0 Å². The lowest BCUT2D eigenvalue weighted by molar-refractivity contribution is 0.505. The zero-order valence-corrected chi connectivity index (χ0v) is 20.2. The summed E-state index contributed by atoms with van der Waals surface area (Å²) >= 11 is 5.68. The van der Waals surface area contributed by atoms with Gasteiger partial charge in [0.2, 0.25) is 0 Å². The minimum absolute atomic E-state index is 0.841. The van der Waals surface area contributed by atoms with Gasteiger partial charge < -0.3 is 4.90 Å². The van der Waals surface area contributed by atoms with E-state index < -0.39 is 0 Å². The molecule has 0 rings (SSSR count). The predicted molar refractivity (Wildman–Crippen MR) is 128 cm³/mol. The van der Waals surface area contributed by atoms with E-state index in [9.17, 15) is 0 Å². The summed E-state index contributed by atoms with van der Waals surface area (Å²) in [5.74, 6) is 0.841. The third-order valence-corrected chi connectivity index (χ3v) is 4.91. The topological polar surface area (TPSA) is 3.24 Å². The first kappa shape index (κ1) is 29.2. The van der Waals surface area contributed by atoms with E-state index >= 15 is 0 Å². The van der Waals surface area contributed by atoms with Crippen LogP contribution in [0.15, 0.2) is 12.2 Å². The van der Waals surface area contributed by atoms with Gasteiger partial charge in [-0.2, -0.15) is 0 Å². The number of unbranched alkanes of at least 4 members (excludes halogenated alkanes) is 16. The Morgan fingerprint density at radius 3 is 1.15 bits per heavy atom. The largest absolute Gasteiger partial charge is 0.312 e. The number of allylic oxidation sites excluding steroid dienone is 2. The van der Waals surface area contributed by atoms with Crippen LogP contribution in [0.4, 0.5) is 0 Å². The van der Waals surface area contributed by atoms with Crippen molar-refractivity contribution in [3.63, 3.8) is 0 Å². The average Bonchev–Trinajstić information content (AvgIpc) is 2.63. The van der Waals surface area contributed by atoms with Gasteiger partial charge in [-0.1, -0.05) is 103 Å². The van der Waals surface area contributed by atoms with Crippen LogP contribution in [-0.4, -0.2) is 31.9 Å². The van der Waals surface area contributed by atoms with Crippen LogP contribution in [0, 0.1) is 0 Å². The van der Waals surface area contributed by atoms with Crippen LogP contribution in [0.3, 0.4) is 0 Å². The van der Waals surface area contributed by atoms with Crippen molar-refractivity contribution >= 4 is 11.6 Å². The van der Waals surface area contributed by atoms with Crippen molar-refractivity contribution < 1.29 is 0 Å². The van der Waals surface area contributed by atoms with Crippen molar-refractivity contribution in [3.05, 3.63) is 12.2 Å². The Morgan fingerprint density at radius 1 is 0.519 bits per heavy atom. The average molecular weight is 402 g/mol. The quantitative estimate of drug-likeness (QED) is 0.118. The van der Waals surface area contributed by atoms with Crippen molar-refractivity contribution in [2.75, 3.05) is 27.0 Å². The molecule has 0 aromatic heterocycles. The molecule has 0 N–H and O–H groups in total. The molecule has 0 aliphatic carbocycles. The van der Waals surface area contributed by atoms with Crippen LogP contribution in [0.25, 0.3) is 0 Å². The molecule has 164 valence electrons. The second kappa shape index (κ2) is 28.2. The normalized spacial score (nSPS) is 11.2. The first-order valence-corrected chi connectivity index (χ1v) is 12.5. The van der Waals surface area contributed by atoms with Gasteiger partial charge in [0, 0.05) is 5.88 Å². The number of hydrogen-bond donors (Lipinski definition) is 0. The van der Waals surface area contributed by atoms with Crippen LogP contribution >= 0.6 is 11.6 Å². The molecule has 0 spiro atoms. The molecule has 0 aromatic carbocycles. The van der Waals surface area contributed by atoms with Crippen molar-refractivity contribution in [3.8, 4) is 0 Å². The van der Waals surface area contributed by atoms with Crippen LogP contribution in [0.5, 0.6) is 0 Å². The highest BCUT2D eigenvalue weighted by Crippen LogP contribution is 2.12. The molecule has 0 amide bonds. The Bertz CT molecular complexity index is 260. The van der Waals surface area contributed by atoms with Gasteiger partial charge in [0.05, 0.1) is 0 Å². The lowest BCUT2D eigenvalue weighted by Crippen LogP contribution is -1.99. The predicted octanol–water partition coefficient (Wildman–Crippen LogP) is 9.00. The molecule has 0 unspecified atom stereocenters. The van der Waals surface area contributed by atoms with Gasteiger partial charge >= 0.3 is 0 Å². The summed E-state index contributed by atoms with van der Waals surface area (Å²) in [6.45, 7) is 2.29. The fourth-order valence-corrected chi connectivity index (χ4v) is 3.24. The third kappa shape index (κ3) is 37.4. The van der Waals surface area contributed by atoms with E-state index in [1.54, 1.807) is 0 Å². The first-order chi connectivity index (χ1) is 13.1. The smallest absolute Gasteiger partial charge is 0.0223 e. The fraction of sp³-hybridized carbons (Fsp3) is 0.920. The maximum Gasteiger partial charge on any atom is 0.0223 e. The van der Waals surface area contributed by atoms with Gasteiger partial charge in [0.1, 0.15) is 0 Å². The lowest BCUT2D eigenvalue weighted by atomic mass is 10.1. The Hall–Kier alpha value is -0.0100. The molecule has 0 saturated carbocycles. The van der Waals surface area contributed by atoms with E-state index in [-0.39, 0.29) is 0 Å². The summed E-state index contributed by atoms with van der Waals surface area (Å²) in [6.07, 6.45) is 29.8. The number of nitrogens with zero attached hydrogens (tertiary/aromatic N) is 1. The molecule has 0 bridgehead atoms. The molecule has 27 heavy (non-hydrogen) atoms. The monoisotopic (exact) mass is 401 g/mol.